The van der Waals surface area contributed by atoms with Crippen molar-refractivity contribution in [3.63, 3.8) is 0 Å². The molecule has 0 saturated carbocycles. The molecule has 0 unspecified atom stereocenters. The maximum Gasteiger partial charge on any atom is 0.264 e. The summed E-state index contributed by atoms with van der Waals surface area (Å²) in [6, 6.07) is 10.1. The van der Waals surface area contributed by atoms with Gasteiger partial charge in [0.25, 0.3) is 5.91 Å². The van der Waals surface area contributed by atoms with E-state index in [0.29, 0.717) is 23.0 Å². The molecule has 6 heteroatoms. The normalized spacial score (nSPS) is 11.2. The lowest BCUT2D eigenvalue weighted by molar-refractivity contribution is -0.123. The number of rotatable bonds is 6. The average Bonchev–Trinajstić information content (AvgIpc) is 2.98. The summed E-state index contributed by atoms with van der Waals surface area (Å²) in [6.45, 7) is 10.7. The summed E-state index contributed by atoms with van der Waals surface area (Å²) in [5, 5.41) is 3.64. The van der Waals surface area contributed by atoms with Crippen LogP contribution in [0.4, 0.5) is 10.7 Å². The van der Waals surface area contributed by atoms with Gasteiger partial charge in [-0.15, -0.1) is 11.3 Å². The van der Waals surface area contributed by atoms with E-state index in [-0.39, 0.29) is 11.8 Å². The van der Waals surface area contributed by atoms with Crippen molar-refractivity contribution in [1.29, 1.82) is 0 Å². The fraction of sp³-hybridized carbons (Fsp3) is 0.455. The van der Waals surface area contributed by atoms with Crippen molar-refractivity contribution in [3.8, 4) is 0 Å². The quantitative estimate of drug-likeness (QED) is 0.759. The molecule has 28 heavy (non-hydrogen) atoms. The van der Waals surface area contributed by atoms with Gasteiger partial charge < -0.3 is 15.1 Å². The molecule has 0 saturated heterocycles. The molecule has 0 fully saturated rings. The number of benzene rings is 1. The Bertz CT molecular complexity index is 832. The van der Waals surface area contributed by atoms with E-state index in [4.69, 9.17) is 0 Å². The lowest BCUT2D eigenvalue weighted by Gasteiger charge is -2.21. The van der Waals surface area contributed by atoms with Crippen LogP contribution in [0, 0.1) is 12.3 Å². The van der Waals surface area contributed by atoms with Crippen LogP contribution in [0.25, 0.3) is 0 Å². The van der Waals surface area contributed by atoms with Crippen molar-refractivity contribution < 1.29 is 9.59 Å². The predicted molar refractivity (Wildman–Crippen MR) is 118 cm³/mol. The highest BCUT2D eigenvalue weighted by atomic mass is 32.1. The Morgan fingerprint density at radius 1 is 1.11 bits per heavy atom. The third-order valence-corrected chi connectivity index (χ3v) is 5.67. The Labute approximate surface area is 172 Å². The molecule has 0 aliphatic carbocycles. The average molecular weight is 402 g/mol. The van der Waals surface area contributed by atoms with E-state index in [9.17, 15) is 9.59 Å². The number of nitrogens with one attached hydrogen (secondary N) is 1. The summed E-state index contributed by atoms with van der Waals surface area (Å²) in [5.74, 6) is -0.0565. The van der Waals surface area contributed by atoms with Gasteiger partial charge in [-0.05, 0) is 43.2 Å². The van der Waals surface area contributed by atoms with Gasteiger partial charge in [-0.2, -0.15) is 0 Å². The third-order valence-electron chi connectivity index (χ3n) is 4.53. The highest BCUT2D eigenvalue weighted by Crippen LogP contribution is 2.30. The Morgan fingerprint density at radius 3 is 2.21 bits per heavy atom. The molecule has 2 amide bonds. The first-order valence-electron chi connectivity index (χ1n) is 9.50. The molecule has 1 N–H and O–H groups in total. The Morgan fingerprint density at radius 2 is 1.71 bits per heavy atom. The van der Waals surface area contributed by atoms with Crippen LogP contribution in [0.3, 0.4) is 0 Å². The summed E-state index contributed by atoms with van der Waals surface area (Å²) < 4.78 is 0. The van der Waals surface area contributed by atoms with Gasteiger partial charge in [0.2, 0.25) is 5.91 Å². The molecule has 152 valence electrons. The van der Waals surface area contributed by atoms with Gasteiger partial charge in [-0.25, -0.2) is 0 Å². The molecule has 1 aromatic heterocycles. The number of amides is 2. The highest BCUT2D eigenvalue weighted by molar-refractivity contribution is 7.18. The van der Waals surface area contributed by atoms with Crippen LogP contribution in [0.5, 0.6) is 0 Å². The SMILES string of the molecule is CCN(Cc1ccc(N(C)C)cc1)C(=O)c1sc(NC(=O)C(C)(C)C)cc1C. The van der Waals surface area contributed by atoms with Crippen molar-refractivity contribution >= 4 is 33.8 Å². The number of nitrogens with zero attached hydrogens (tertiary/aromatic N) is 2. The number of thiophene rings is 1. The minimum absolute atomic E-state index is 0.00190. The van der Waals surface area contributed by atoms with Crippen molar-refractivity contribution in [2.75, 3.05) is 30.9 Å². The Kier molecular flexibility index (Phi) is 6.88. The summed E-state index contributed by atoms with van der Waals surface area (Å²) in [7, 11) is 4.01. The second-order valence-corrected chi connectivity index (χ2v) is 9.26. The number of hydrogen-bond acceptors (Lipinski definition) is 4. The molecule has 0 aliphatic rings. The summed E-state index contributed by atoms with van der Waals surface area (Å²) in [5.41, 5.74) is 2.64. The number of hydrogen-bond donors (Lipinski definition) is 1. The zero-order valence-electron chi connectivity index (χ0n) is 17.9. The molecule has 0 spiro atoms. The first-order valence-corrected chi connectivity index (χ1v) is 10.3. The van der Waals surface area contributed by atoms with Gasteiger partial charge in [-0.1, -0.05) is 32.9 Å². The van der Waals surface area contributed by atoms with Gasteiger partial charge in [0.05, 0.1) is 9.88 Å². The zero-order chi connectivity index (χ0) is 21.1. The van der Waals surface area contributed by atoms with Crippen LogP contribution in [-0.2, 0) is 11.3 Å². The van der Waals surface area contributed by atoms with E-state index < -0.39 is 5.41 Å². The van der Waals surface area contributed by atoms with E-state index >= 15 is 0 Å². The van der Waals surface area contributed by atoms with Crippen molar-refractivity contribution in [3.05, 3.63) is 46.3 Å². The summed E-state index contributed by atoms with van der Waals surface area (Å²) in [6.07, 6.45) is 0. The topological polar surface area (TPSA) is 52.6 Å². The molecular weight excluding hydrogens is 370 g/mol. The van der Waals surface area contributed by atoms with E-state index in [2.05, 4.69) is 34.5 Å². The first-order chi connectivity index (χ1) is 13.0. The van der Waals surface area contributed by atoms with Crippen molar-refractivity contribution in [2.45, 2.75) is 41.2 Å². The molecule has 1 aromatic carbocycles. The molecule has 1 heterocycles. The van der Waals surface area contributed by atoms with Crippen LogP contribution in [0.2, 0.25) is 0 Å². The standard InChI is InChI=1S/C22H31N3O2S/c1-8-25(14-16-9-11-17(12-10-16)24(6)7)20(26)19-15(2)13-18(28-19)23-21(27)22(3,4)5/h9-13H,8,14H2,1-7H3,(H,23,27). The van der Waals surface area contributed by atoms with Gasteiger partial charge in [-0.3, -0.25) is 9.59 Å². The molecule has 2 aromatic rings. The zero-order valence-corrected chi connectivity index (χ0v) is 18.7. The van der Waals surface area contributed by atoms with Crippen LogP contribution in [0.1, 0.15) is 48.5 Å². The maximum atomic E-state index is 13.1. The van der Waals surface area contributed by atoms with Crippen LogP contribution in [-0.4, -0.2) is 37.4 Å². The van der Waals surface area contributed by atoms with E-state index in [1.807, 2.05) is 59.7 Å². The van der Waals surface area contributed by atoms with Gasteiger partial charge >= 0.3 is 0 Å². The lowest BCUT2D eigenvalue weighted by Crippen LogP contribution is -2.30. The molecule has 0 bridgehead atoms. The summed E-state index contributed by atoms with van der Waals surface area (Å²) >= 11 is 1.34. The molecular formula is C22H31N3O2S. The van der Waals surface area contributed by atoms with Crippen molar-refractivity contribution in [1.82, 2.24) is 4.90 Å². The van der Waals surface area contributed by atoms with Gasteiger partial charge in [0.15, 0.2) is 0 Å². The largest absolute Gasteiger partial charge is 0.378 e. The van der Waals surface area contributed by atoms with Gasteiger partial charge in [0.1, 0.15) is 0 Å². The molecule has 2 rings (SSSR count). The number of aryl methyl sites for hydroxylation is 1. The first kappa shape index (κ1) is 22.0. The number of carbonyl (C=O) groups excluding carboxylic acids is 2. The van der Waals surface area contributed by atoms with Crippen LogP contribution >= 0.6 is 11.3 Å². The summed E-state index contributed by atoms with van der Waals surface area (Å²) in [4.78, 5) is 29.9. The smallest absolute Gasteiger partial charge is 0.264 e. The van der Waals surface area contributed by atoms with Crippen LogP contribution < -0.4 is 10.2 Å². The predicted octanol–water partition coefficient (Wildman–Crippen LogP) is 4.77. The fourth-order valence-electron chi connectivity index (χ4n) is 2.65. The Hall–Kier alpha value is -2.34. The van der Waals surface area contributed by atoms with E-state index in [1.165, 1.54) is 11.3 Å². The Balaban J connectivity index is 2.15. The molecule has 0 radical (unpaired) electrons. The monoisotopic (exact) mass is 401 g/mol. The second kappa shape index (κ2) is 8.78. The van der Waals surface area contributed by atoms with Gasteiger partial charge in [0, 0.05) is 38.3 Å². The molecule has 0 atom stereocenters. The van der Waals surface area contributed by atoms with E-state index in [1.54, 1.807) is 0 Å². The van der Waals surface area contributed by atoms with E-state index in [0.717, 1.165) is 16.8 Å². The fourth-order valence-corrected chi connectivity index (χ4v) is 3.68. The van der Waals surface area contributed by atoms with Crippen LogP contribution in [0.15, 0.2) is 30.3 Å². The highest BCUT2D eigenvalue weighted by Gasteiger charge is 2.24. The number of carbonyl (C=O) groups is 2. The lowest BCUT2D eigenvalue weighted by atomic mass is 9.96. The molecule has 0 aliphatic heterocycles. The van der Waals surface area contributed by atoms with Crippen molar-refractivity contribution in [2.24, 2.45) is 5.41 Å². The third kappa shape index (κ3) is 5.35. The number of anilines is 2. The maximum absolute atomic E-state index is 13.1. The molecule has 5 nitrogen and oxygen atoms in total. The second-order valence-electron chi connectivity index (χ2n) is 8.21. The minimum atomic E-state index is -0.476. The minimum Gasteiger partial charge on any atom is -0.378 e.